The summed E-state index contributed by atoms with van der Waals surface area (Å²) in [4.78, 5) is 1.11. The van der Waals surface area contributed by atoms with Crippen LogP contribution in [-0.2, 0) is 16.4 Å². The molecule has 0 heterocycles. The van der Waals surface area contributed by atoms with Gasteiger partial charge in [-0.05, 0) is 42.5 Å². The average molecular weight is 307 g/mol. The molecule has 0 amide bonds. The van der Waals surface area contributed by atoms with E-state index in [-0.39, 0.29) is 5.75 Å². The van der Waals surface area contributed by atoms with Gasteiger partial charge >= 0.3 is 0 Å². The molecule has 5 heteroatoms. The van der Waals surface area contributed by atoms with Gasteiger partial charge in [-0.2, -0.15) is 0 Å². The van der Waals surface area contributed by atoms with E-state index in [1.165, 1.54) is 0 Å². The van der Waals surface area contributed by atoms with E-state index in [1.54, 1.807) is 23.9 Å². The zero-order valence-corrected chi connectivity index (χ0v) is 12.9. The lowest BCUT2D eigenvalue weighted by Crippen LogP contribution is -2.18. The predicted molar refractivity (Wildman–Crippen MR) is 85.8 cm³/mol. The fourth-order valence-corrected chi connectivity index (χ4v) is 3.30. The van der Waals surface area contributed by atoms with Crippen LogP contribution in [0.5, 0.6) is 0 Å². The van der Waals surface area contributed by atoms with Crippen molar-refractivity contribution < 1.29 is 8.42 Å². The van der Waals surface area contributed by atoms with Gasteiger partial charge in [-0.3, -0.25) is 4.72 Å². The molecule has 0 unspecified atom stereocenters. The second-order valence-corrected chi connectivity index (χ2v) is 7.11. The minimum absolute atomic E-state index is 0.0846. The minimum atomic E-state index is -3.31. The molecule has 0 aromatic heterocycles. The molecule has 0 radical (unpaired) electrons. The van der Waals surface area contributed by atoms with Gasteiger partial charge in [0.15, 0.2) is 0 Å². The largest absolute Gasteiger partial charge is 0.284 e. The lowest BCUT2D eigenvalue weighted by atomic mass is 10.2. The Morgan fingerprint density at radius 1 is 1.00 bits per heavy atom. The molecule has 2 aromatic rings. The Bertz CT molecular complexity index is 637. The molecule has 0 aliphatic carbocycles. The molecule has 0 atom stereocenters. The highest BCUT2D eigenvalue weighted by atomic mass is 32.2. The summed E-state index contributed by atoms with van der Waals surface area (Å²) < 4.78 is 26.6. The van der Waals surface area contributed by atoms with E-state index in [0.29, 0.717) is 12.1 Å². The number of anilines is 1. The molecule has 0 saturated carbocycles. The van der Waals surface area contributed by atoms with Crippen LogP contribution in [0.15, 0.2) is 59.5 Å². The third kappa shape index (κ3) is 4.58. The van der Waals surface area contributed by atoms with Crippen molar-refractivity contribution in [3.05, 3.63) is 60.2 Å². The molecule has 2 aromatic carbocycles. The lowest BCUT2D eigenvalue weighted by Gasteiger charge is -2.08. The summed E-state index contributed by atoms with van der Waals surface area (Å²) >= 11 is 1.63. The number of thioether (sulfide) groups is 1. The Kier molecular flexibility index (Phi) is 5.09. The molecule has 20 heavy (non-hydrogen) atoms. The lowest BCUT2D eigenvalue weighted by molar-refractivity contribution is 0.600. The smallest absolute Gasteiger partial charge is 0.233 e. The summed E-state index contributed by atoms with van der Waals surface area (Å²) in [6, 6.07) is 17.0. The van der Waals surface area contributed by atoms with E-state index < -0.39 is 10.0 Å². The molecule has 0 spiro atoms. The number of benzene rings is 2. The summed E-state index contributed by atoms with van der Waals surface area (Å²) in [6.07, 6.45) is 2.50. The molecule has 0 aliphatic rings. The van der Waals surface area contributed by atoms with E-state index >= 15 is 0 Å². The molecule has 1 N–H and O–H groups in total. The number of sulfonamides is 1. The van der Waals surface area contributed by atoms with E-state index in [0.717, 1.165) is 10.5 Å². The summed E-state index contributed by atoms with van der Waals surface area (Å²) in [5.74, 6) is 0.0846. The maximum atomic E-state index is 12.0. The predicted octanol–water partition coefficient (Wildman–Crippen LogP) is 3.39. The van der Waals surface area contributed by atoms with Crippen molar-refractivity contribution in [2.45, 2.75) is 11.3 Å². The first-order valence-corrected chi connectivity index (χ1v) is 9.15. The molecule has 0 aliphatic heterocycles. The quantitative estimate of drug-likeness (QED) is 0.832. The number of nitrogens with one attached hydrogen (secondary N) is 1. The fraction of sp³-hybridized carbons (Fsp3) is 0.200. The monoisotopic (exact) mass is 307 g/mol. The first kappa shape index (κ1) is 14.9. The van der Waals surface area contributed by atoms with E-state index in [1.807, 2.05) is 48.7 Å². The van der Waals surface area contributed by atoms with Gasteiger partial charge in [0.25, 0.3) is 0 Å². The van der Waals surface area contributed by atoms with Crippen LogP contribution in [-0.4, -0.2) is 20.4 Å². The highest BCUT2D eigenvalue weighted by molar-refractivity contribution is 7.98. The van der Waals surface area contributed by atoms with Gasteiger partial charge in [-0.25, -0.2) is 8.42 Å². The number of rotatable bonds is 6. The average Bonchev–Trinajstić information content (AvgIpc) is 2.47. The van der Waals surface area contributed by atoms with Gasteiger partial charge in [0.1, 0.15) is 0 Å². The van der Waals surface area contributed by atoms with Gasteiger partial charge < -0.3 is 0 Å². The first-order chi connectivity index (χ1) is 9.59. The van der Waals surface area contributed by atoms with E-state index in [4.69, 9.17) is 0 Å². The fourth-order valence-electron chi connectivity index (χ4n) is 1.79. The normalized spacial score (nSPS) is 11.2. The Morgan fingerprint density at radius 3 is 2.25 bits per heavy atom. The molecule has 0 fully saturated rings. The van der Waals surface area contributed by atoms with Crippen molar-refractivity contribution in [2.24, 2.45) is 0 Å². The standard InChI is InChI=1S/C15H17NO2S2/c1-19-15-9-7-14(8-10-15)16-20(17,18)12-11-13-5-3-2-4-6-13/h2-10,16H,11-12H2,1H3. The summed E-state index contributed by atoms with van der Waals surface area (Å²) in [6.45, 7) is 0. The van der Waals surface area contributed by atoms with Crippen LogP contribution < -0.4 is 4.72 Å². The Balaban J connectivity index is 1.96. The summed E-state index contributed by atoms with van der Waals surface area (Å²) in [7, 11) is -3.31. The van der Waals surface area contributed by atoms with Crippen LogP contribution in [0.2, 0.25) is 0 Å². The van der Waals surface area contributed by atoms with Crippen molar-refractivity contribution in [3.63, 3.8) is 0 Å². The number of hydrogen-bond acceptors (Lipinski definition) is 3. The highest BCUT2D eigenvalue weighted by Gasteiger charge is 2.10. The molecule has 0 bridgehead atoms. The van der Waals surface area contributed by atoms with Crippen molar-refractivity contribution in [1.29, 1.82) is 0 Å². The molecular weight excluding hydrogens is 290 g/mol. The van der Waals surface area contributed by atoms with Crippen molar-refractivity contribution in [1.82, 2.24) is 0 Å². The third-order valence-electron chi connectivity index (χ3n) is 2.87. The van der Waals surface area contributed by atoms with Gasteiger partial charge in [0.05, 0.1) is 5.75 Å². The summed E-state index contributed by atoms with van der Waals surface area (Å²) in [5, 5.41) is 0. The maximum Gasteiger partial charge on any atom is 0.233 e. The molecule has 106 valence electrons. The van der Waals surface area contributed by atoms with Crippen LogP contribution in [0.4, 0.5) is 5.69 Å². The van der Waals surface area contributed by atoms with E-state index in [2.05, 4.69) is 4.72 Å². The number of aryl methyl sites for hydroxylation is 1. The van der Waals surface area contributed by atoms with Crippen LogP contribution >= 0.6 is 11.8 Å². The zero-order chi connectivity index (χ0) is 14.4. The second kappa shape index (κ2) is 6.81. The van der Waals surface area contributed by atoms with Crippen molar-refractivity contribution in [3.8, 4) is 0 Å². The van der Waals surface area contributed by atoms with E-state index in [9.17, 15) is 8.42 Å². The van der Waals surface area contributed by atoms with Crippen LogP contribution in [0.1, 0.15) is 5.56 Å². The maximum absolute atomic E-state index is 12.0. The molecular formula is C15H17NO2S2. The third-order valence-corrected chi connectivity index (χ3v) is 4.90. The Labute approximate surface area is 124 Å². The van der Waals surface area contributed by atoms with Crippen molar-refractivity contribution in [2.75, 3.05) is 16.7 Å². The van der Waals surface area contributed by atoms with Crippen LogP contribution in [0, 0.1) is 0 Å². The highest BCUT2D eigenvalue weighted by Crippen LogP contribution is 2.18. The zero-order valence-electron chi connectivity index (χ0n) is 11.2. The SMILES string of the molecule is CSc1ccc(NS(=O)(=O)CCc2ccccc2)cc1. The van der Waals surface area contributed by atoms with Crippen LogP contribution in [0.25, 0.3) is 0 Å². The topological polar surface area (TPSA) is 46.2 Å². The van der Waals surface area contributed by atoms with Gasteiger partial charge in [0, 0.05) is 10.6 Å². The number of hydrogen-bond donors (Lipinski definition) is 1. The Hall–Kier alpha value is -1.46. The summed E-state index contributed by atoms with van der Waals surface area (Å²) in [5.41, 5.74) is 1.63. The molecule has 2 rings (SSSR count). The molecule has 0 saturated heterocycles. The molecule has 3 nitrogen and oxygen atoms in total. The van der Waals surface area contributed by atoms with Gasteiger partial charge in [-0.15, -0.1) is 11.8 Å². The Morgan fingerprint density at radius 2 is 1.65 bits per heavy atom. The first-order valence-electron chi connectivity index (χ1n) is 6.27. The second-order valence-electron chi connectivity index (χ2n) is 4.39. The minimum Gasteiger partial charge on any atom is -0.284 e. The van der Waals surface area contributed by atoms with Gasteiger partial charge in [0.2, 0.25) is 10.0 Å². The van der Waals surface area contributed by atoms with Gasteiger partial charge in [-0.1, -0.05) is 30.3 Å². The van der Waals surface area contributed by atoms with Crippen LogP contribution in [0.3, 0.4) is 0 Å². The van der Waals surface area contributed by atoms with Crippen molar-refractivity contribution >= 4 is 27.5 Å².